The van der Waals surface area contributed by atoms with E-state index >= 15 is 0 Å². The highest BCUT2D eigenvalue weighted by Gasteiger charge is 2.31. The first kappa shape index (κ1) is 19.8. The lowest BCUT2D eigenvalue weighted by Gasteiger charge is -2.21. The van der Waals surface area contributed by atoms with E-state index in [2.05, 4.69) is 5.32 Å². The van der Waals surface area contributed by atoms with Gasteiger partial charge in [0.15, 0.2) is 6.10 Å². The second-order valence-corrected chi connectivity index (χ2v) is 9.07. The molecule has 0 aliphatic carbocycles. The smallest absolute Gasteiger partial charge is 0.265 e. The number of sulfonamides is 1. The normalized spacial score (nSPS) is 16.9. The van der Waals surface area contributed by atoms with Crippen molar-refractivity contribution in [3.63, 3.8) is 0 Å². The van der Waals surface area contributed by atoms with Gasteiger partial charge in [-0.15, -0.1) is 0 Å². The van der Waals surface area contributed by atoms with E-state index < -0.39 is 16.1 Å². The van der Waals surface area contributed by atoms with Gasteiger partial charge < -0.3 is 10.1 Å². The van der Waals surface area contributed by atoms with Crippen molar-refractivity contribution in [3.8, 4) is 5.75 Å². The van der Waals surface area contributed by atoms with Crippen molar-refractivity contribution in [2.75, 3.05) is 22.4 Å². The molecule has 1 atom stereocenters. The number of fused-ring (bicyclic) bond motifs is 1. The number of hydrogen-bond donors (Lipinski definition) is 1. The third-order valence-corrected chi connectivity index (χ3v) is 5.85. The molecule has 27 heavy (non-hydrogen) atoms. The van der Waals surface area contributed by atoms with Crippen molar-refractivity contribution in [3.05, 3.63) is 52.0 Å². The molecule has 0 bridgehead atoms. The van der Waals surface area contributed by atoms with Crippen molar-refractivity contribution >= 4 is 50.5 Å². The molecule has 0 unspecified atom stereocenters. The zero-order valence-electron chi connectivity index (χ0n) is 14.7. The molecule has 144 valence electrons. The van der Waals surface area contributed by atoms with Gasteiger partial charge in [-0.05, 0) is 42.8 Å². The van der Waals surface area contributed by atoms with Crippen molar-refractivity contribution in [2.24, 2.45) is 0 Å². The van der Waals surface area contributed by atoms with E-state index in [0.717, 1.165) is 11.8 Å². The lowest BCUT2D eigenvalue weighted by molar-refractivity contribution is -0.122. The Morgan fingerprint density at radius 2 is 1.85 bits per heavy atom. The Hall–Kier alpha value is -1.96. The SMILES string of the molecule is Cc1ccc(Cl)cc1NC(=O)[C@H]1CCN(S(C)(=O)=O)c2cc(Cl)ccc2O1. The lowest BCUT2D eigenvalue weighted by Crippen LogP contribution is -2.36. The molecule has 0 spiro atoms. The van der Waals surface area contributed by atoms with E-state index in [1.54, 1.807) is 30.3 Å². The molecule has 1 amide bonds. The molecule has 1 aliphatic heterocycles. The van der Waals surface area contributed by atoms with Gasteiger partial charge in [-0.3, -0.25) is 9.10 Å². The first-order valence-electron chi connectivity index (χ1n) is 8.16. The average Bonchev–Trinajstić information content (AvgIpc) is 2.77. The van der Waals surface area contributed by atoms with Crippen molar-refractivity contribution < 1.29 is 17.9 Å². The van der Waals surface area contributed by atoms with Crippen LogP contribution in [0.15, 0.2) is 36.4 Å². The summed E-state index contributed by atoms with van der Waals surface area (Å²) >= 11 is 12.0. The van der Waals surface area contributed by atoms with Crippen LogP contribution in [-0.2, 0) is 14.8 Å². The molecule has 0 saturated heterocycles. The van der Waals surface area contributed by atoms with E-state index in [1.807, 2.05) is 6.92 Å². The fourth-order valence-corrected chi connectivity index (χ4v) is 4.10. The largest absolute Gasteiger partial charge is 0.478 e. The van der Waals surface area contributed by atoms with Crippen LogP contribution in [0.25, 0.3) is 0 Å². The molecule has 1 N–H and O–H groups in total. The second kappa shape index (κ2) is 7.58. The maximum atomic E-state index is 12.7. The Balaban J connectivity index is 1.90. The Morgan fingerprint density at radius 1 is 1.19 bits per heavy atom. The Labute approximate surface area is 168 Å². The minimum Gasteiger partial charge on any atom is -0.478 e. The molecular formula is C18H18Cl2N2O4S. The van der Waals surface area contributed by atoms with E-state index in [1.165, 1.54) is 10.4 Å². The van der Waals surface area contributed by atoms with Crippen LogP contribution in [0.2, 0.25) is 10.0 Å². The van der Waals surface area contributed by atoms with Gasteiger partial charge in [0.05, 0.1) is 11.9 Å². The van der Waals surface area contributed by atoms with Crippen LogP contribution in [0.1, 0.15) is 12.0 Å². The average molecular weight is 429 g/mol. The Morgan fingerprint density at radius 3 is 2.56 bits per heavy atom. The van der Waals surface area contributed by atoms with Crippen molar-refractivity contribution in [1.82, 2.24) is 0 Å². The molecule has 0 saturated carbocycles. The zero-order valence-corrected chi connectivity index (χ0v) is 17.0. The molecule has 0 fully saturated rings. The highest BCUT2D eigenvalue weighted by atomic mass is 35.5. The zero-order chi connectivity index (χ0) is 19.8. The van der Waals surface area contributed by atoms with Gasteiger partial charge >= 0.3 is 0 Å². The minimum absolute atomic E-state index is 0.0960. The van der Waals surface area contributed by atoms with Gasteiger partial charge in [0.2, 0.25) is 10.0 Å². The van der Waals surface area contributed by atoms with Crippen LogP contribution >= 0.6 is 23.2 Å². The first-order chi connectivity index (χ1) is 12.6. The number of benzene rings is 2. The van der Waals surface area contributed by atoms with Crippen LogP contribution in [0.5, 0.6) is 5.75 Å². The summed E-state index contributed by atoms with van der Waals surface area (Å²) in [5.41, 5.74) is 1.75. The molecule has 1 heterocycles. The number of carbonyl (C=O) groups excluding carboxylic acids is 1. The summed E-state index contributed by atoms with van der Waals surface area (Å²) in [6, 6.07) is 9.85. The highest BCUT2D eigenvalue weighted by Crippen LogP contribution is 2.36. The molecule has 2 aromatic rings. The predicted molar refractivity (Wildman–Crippen MR) is 107 cm³/mol. The van der Waals surface area contributed by atoms with E-state index in [4.69, 9.17) is 27.9 Å². The van der Waals surface area contributed by atoms with Gasteiger partial charge in [-0.2, -0.15) is 0 Å². The van der Waals surface area contributed by atoms with E-state index in [-0.39, 0.29) is 24.6 Å². The topological polar surface area (TPSA) is 75.7 Å². The second-order valence-electron chi connectivity index (χ2n) is 6.29. The standard InChI is InChI=1S/C18H18Cl2N2O4S/c1-11-3-4-12(19)9-14(11)21-18(23)17-7-8-22(27(2,24)25)15-10-13(20)5-6-16(15)26-17/h3-6,9-10,17H,7-8H2,1-2H3,(H,21,23)/t17-/m1/s1. The number of carbonyl (C=O) groups is 1. The van der Waals surface area contributed by atoms with Crippen molar-refractivity contribution in [2.45, 2.75) is 19.4 Å². The monoisotopic (exact) mass is 428 g/mol. The van der Waals surface area contributed by atoms with Crippen LogP contribution in [0.4, 0.5) is 11.4 Å². The summed E-state index contributed by atoms with van der Waals surface area (Å²) < 4.78 is 31.4. The third-order valence-electron chi connectivity index (χ3n) is 4.20. The number of amides is 1. The molecule has 9 heteroatoms. The predicted octanol–water partition coefficient (Wildman–Crippen LogP) is 3.86. The van der Waals surface area contributed by atoms with Gasteiger partial charge in [0.1, 0.15) is 5.75 Å². The summed E-state index contributed by atoms with van der Waals surface area (Å²) in [7, 11) is -3.55. The molecule has 0 aromatic heterocycles. The number of nitrogens with one attached hydrogen (secondary N) is 1. The van der Waals surface area contributed by atoms with E-state index in [9.17, 15) is 13.2 Å². The quantitative estimate of drug-likeness (QED) is 0.804. The molecule has 0 radical (unpaired) electrons. The van der Waals surface area contributed by atoms with Crippen LogP contribution < -0.4 is 14.4 Å². The Bertz CT molecular complexity index is 995. The molecule has 3 rings (SSSR count). The molecular weight excluding hydrogens is 411 g/mol. The van der Waals surface area contributed by atoms with Gasteiger partial charge in [-0.1, -0.05) is 29.3 Å². The molecule has 2 aromatic carbocycles. The molecule has 6 nitrogen and oxygen atoms in total. The number of hydrogen-bond acceptors (Lipinski definition) is 4. The van der Waals surface area contributed by atoms with Gasteiger partial charge in [0, 0.05) is 28.7 Å². The number of halogens is 2. The number of aryl methyl sites for hydroxylation is 1. The molecule has 1 aliphatic rings. The fourth-order valence-electron chi connectivity index (χ4n) is 2.82. The highest BCUT2D eigenvalue weighted by molar-refractivity contribution is 7.92. The minimum atomic E-state index is -3.55. The number of nitrogens with zero attached hydrogens (tertiary/aromatic N) is 1. The number of ether oxygens (including phenoxy) is 1. The Kier molecular flexibility index (Phi) is 5.55. The fraction of sp³-hybridized carbons (Fsp3) is 0.278. The van der Waals surface area contributed by atoms with Crippen LogP contribution in [0, 0.1) is 6.92 Å². The van der Waals surface area contributed by atoms with Crippen LogP contribution in [0.3, 0.4) is 0 Å². The summed E-state index contributed by atoms with van der Waals surface area (Å²) in [4.78, 5) is 12.7. The number of anilines is 2. The first-order valence-corrected chi connectivity index (χ1v) is 10.8. The van der Waals surface area contributed by atoms with Crippen LogP contribution in [-0.4, -0.2) is 33.2 Å². The van der Waals surface area contributed by atoms with E-state index in [0.29, 0.717) is 21.4 Å². The summed E-state index contributed by atoms with van der Waals surface area (Å²) in [5.74, 6) is -0.0955. The maximum Gasteiger partial charge on any atom is 0.265 e. The van der Waals surface area contributed by atoms with Gasteiger partial charge in [-0.25, -0.2) is 8.42 Å². The van der Waals surface area contributed by atoms with Crippen molar-refractivity contribution in [1.29, 1.82) is 0 Å². The number of rotatable bonds is 3. The summed E-state index contributed by atoms with van der Waals surface area (Å²) in [6.07, 6.45) is 0.424. The maximum absolute atomic E-state index is 12.7. The van der Waals surface area contributed by atoms with Gasteiger partial charge in [0.25, 0.3) is 5.91 Å². The lowest BCUT2D eigenvalue weighted by atomic mass is 10.2. The third kappa shape index (κ3) is 4.48. The summed E-state index contributed by atoms with van der Waals surface area (Å²) in [5, 5.41) is 3.68. The summed E-state index contributed by atoms with van der Waals surface area (Å²) in [6.45, 7) is 1.95.